The highest BCUT2D eigenvalue weighted by atomic mass is 35.5. The van der Waals surface area contributed by atoms with Gasteiger partial charge in [-0.05, 0) is 50.1 Å². The van der Waals surface area contributed by atoms with E-state index in [0.717, 1.165) is 11.3 Å². The number of rotatable bonds is 6. The molecule has 0 aromatic heterocycles. The van der Waals surface area contributed by atoms with Crippen molar-refractivity contribution in [1.82, 2.24) is 5.32 Å². The van der Waals surface area contributed by atoms with Crippen LogP contribution < -0.4 is 10.1 Å². The number of hydrogen-bond donors (Lipinski definition) is 2. The van der Waals surface area contributed by atoms with Gasteiger partial charge in [-0.15, -0.1) is 0 Å². The SMILES string of the molecule is Cc1cccc(C(=O)NCC(O)c2ccc(OC(C)C)cc2)c1Cl. The number of aryl methyl sites for hydroxylation is 1. The molecule has 1 amide bonds. The maximum Gasteiger partial charge on any atom is 0.252 e. The molecule has 24 heavy (non-hydrogen) atoms. The molecule has 0 saturated carbocycles. The first-order valence-corrected chi connectivity index (χ1v) is 8.24. The number of hydrogen-bond acceptors (Lipinski definition) is 3. The number of aliphatic hydroxyl groups excluding tert-OH is 1. The van der Waals surface area contributed by atoms with Gasteiger partial charge in [0.05, 0.1) is 22.8 Å². The Balaban J connectivity index is 1.96. The lowest BCUT2D eigenvalue weighted by molar-refractivity contribution is 0.0916. The van der Waals surface area contributed by atoms with Crippen LogP contribution in [0.1, 0.15) is 41.4 Å². The van der Waals surface area contributed by atoms with E-state index in [-0.39, 0.29) is 18.6 Å². The van der Waals surface area contributed by atoms with Crippen LogP contribution in [0, 0.1) is 6.92 Å². The monoisotopic (exact) mass is 347 g/mol. The zero-order valence-electron chi connectivity index (χ0n) is 14.0. The first-order chi connectivity index (χ1) is 11.4. The average Bonchev–Trinajstić information content (AvgIpc) is 2.55. The van der Waals surface area contributed by atoms with Crippen molar-refractivity contribution in [2.75, 3.05) is 6.54 Å². The van der Waals surface area contributed by atoms with E-state index in [1.807, 2.05) is 26.8 Å². The van der Waals surface area contributed by atoms with Crippen LogP contribution >= 0.6 is 11.6 Å². The highest BCUT2D eigenvalue weighted by molar-refractivity contribution is 6.34. The number of halogens is 1. The molecule has 1 atom stereocenters. The molecular formula is C19H22ClNO3. The summed E-state index contributed by atoms with van der Waals surface area (Å²) in [6.07, 6.45) is -0.704. The van der Waals surface area contributed by atoms with Crippen molar-refractivity contribution in [2.45, 2.75) is 33.0 Å². The average molecular weight is 348 g/mol. The van der Waals surface area contributed by atoms with Crippen LogP contribution in [0.4, 0.5) is 0 Å². The van der Waals surface area contributed by atoms with E-state index in [0.29, 0.717) is 16.1 Å². The molecule has 4 nitrogen and oxygen atoms in total. The fourth-order valence-electron chi connectivity index (χ4n) is 2.27. The van der Waals surface area contributed by atoms with Gasteiger partial charge >= 0.3 is 0 Å². The second-order valence-corrected chi connectivity index (χ2v) is 6.28. The molecule has 0 bridgehead atoms. The fraction of sp³-hybridized carbons (Fsp3) is 0.316. The van der Waals surface area contributed by atoms with Crippen molar-refractivity contribution in [1.29, 1.82) is 0 Å². The number of amides is 1. The van der Waals surface area contributed by atoms with Crippen LogP contribution in [-0.4, -0.2) is 23.7 Å². The van der Waals surface area contributed by atoms with Crippen molar-refractivity contribution < 1.29 is 14.6 Å². The first kappa shape index (κ1) is 18.3. The third kappa shape index (κ3) is 4.73. The van der Waals surface area contributed by atoms with Gasteiger partial charge < -0.3 is 15.2 Å². The number of benzene rings is 2. The summed E-state index contributed by atoms with van der Waals surface area (Å²) >= 11 is 6.14. The van der Waals surface area contributed by atoms with E-state index in [9.17, 15) is 9.90 Å². The lowest BCUT2D eigenvalue weighted by atomic mass is 10.1. The predicted molar refractivity (Wildman–Crippen MR) is 95.7 cm³/mol. The molecule has 2 aromatic carbocycles. The summed E-state index contributed by atoms with van der Waals surface area (Å²) in [4.78, 5) is 12.2. The van der Waals surface area contributed by atoms with Crippen LogP contribution in [0.5, 0.6) is 5.75 Å². The lowest BCUT2D eigenvalue weighted by Gasteiger charge is -2.15. The van der Waals surface area contributed by atoms with Gasteiger partial charge in [-0.2, -0.15) is 0 Å². The second kappa shape index (κ2) is 8.18. The smallest absolute Gasteiger partial charge is 0.252 e. The number of nitrogens with one attached hydrogen (secondary N) is 1. The van der Waals surface area contributed by atoms with Gasteiger partial charge in [-0.25, -0.2) is 0 Å². The van der Waals surface area contributed by atoms with E-state index < -0.39 is 6.10 Å². The highest BCUT2D eigenvalue weighted by Gasteiger charge is 2.14. The summed E-state index contributed by atoms with van der Waals surface area (Å²) in [5, 5.41) is 13.4. The standard InChI is InChI=1S/C19H22ClNO3/c1-12(2)24-15-9-7-14(8-10-15)17(22)11-21-19(23)16-6-4-5-13(3)18(16)20/h4-10,12,17,22H,11H2,1-3H3,(H,21,23). The Hall–Kier alpha value is -2.04. The van der Waals surface area contributed by atoms with Crippen LogP contribution in [0.15, 0.2) is 42.5 Å². The van der Waals surface area contributed by atoms with Gasteiger partial charge in [0.25, 0.3) is 5.91 Å². The summed E-state index contributed by atoms with van der Waals surface area (Å²) in [6.45, 7) is 5.85. The van der Waals surface area contributed by atoms with Gasteiger partial charge in [-0.3, -0.25) is 4.79 Å². The second-order valence-electron chi connectivity index (χ2n) is 5.90. The normalized spacial score (nSPS) is 12.1. The number of ether oxygens (including phenoxy) is 1. The molecular weight excluding hydrogens is 326 g/mol. The molecule has 0 aliphatic heterocycles. The minimum atomic E-state index is -0.800. The van der Waals surface area contributed by atoms with Crippen LogP contribution in [-0.2, 0) is 0 Å². The molecule has 0 aliphatic rings. The predicted octanol–water partition coefficient (Wildman–Crippen LogP) is 3.90. The molecule has 0 spiro atoms. The van der Waals surface area contributed by atoms with Gasteiger partial charge in [0.2, 0.25) is 0 Å². The molecule has 2 N–H and O–H groups in total. The molecule has 0 saturated heterocycles. The maximum absolute atomic E-state index is 12.2. The number of carbonyl (C=O) groups excluding carboxylic acids is 1. The maximum atomic E-state index is 12.2. The molecule has 0 fully saturated rings. The Morgan fingerprint density at radius 2 is 1.88 bits per heavy atom. The molecule has 128 valence electrons. The van der Waals surface area contributed by atoms with E-state index in [2.05, 4.69) is 5.32 Å². The lowest BCUT2D eigenvalue weighted by Crippen LogP contribution is -2.28. The summed E-state index contributed by atoms with van der Waals surface area (Å²) < 4.78 is 5.56. The van der Waals surface area contributed by atoms with E-state index >= 15 is 0 Å². The molecule has 0 radical (unpaired) electrons. The summed E-state index contributed by atoms with van der Waals surface area (Å²) in [7, 11) is 0. The van der Waals surface area contributed by atoms with Gasteiger partial charge in [0.1, 0.15) is 5.75 Å². The Morgan fingerprint density at radius 1 is 1.21 bits per heavy atom. The first-order valence-electron chi connectivity index (χ1n) is 7.86. The quantitative estimate of drug-likeness (QED) is 0.833. The van der Waals surface area contributed by atoms with Crippen molar-refractivity contribution in [3.63, 3.8) is 0 Å². The van der Waals surface area contributed by atoms with Gasteiger partial charge in [0.15, 0.2) is 0 Å². The minimum Gasteiger partial charge on any atom is -0.491 e. The van der Waals surface area contributed by atoms with E-state index in [1.54, 1.807) is 36.4 Å². The molecule has 0 heterocycles. The molecule has 2 rings (SSSR count). The van der Waals surface area contributed by atoms with Crippen molar-refractivity contribution in [3.05, 3.63) is 64.2 Å². The fourth-order valence-corrected chi connectivity index (χ4v) is 2.48. The summed E-state index contributed by atoms with van der Waals surface area (Å²) in [5.74, 6) is 0.444. The Bertz CT molecular complexity index is 698. The summed E-state index contributed by atoms with van der Waals surface area (Å²) in [5.41, 5.74) is 1.96. The molecule has 2 aromatic rings. The Kier molecular flexibility index (Phi) is 6.23. The van der Waals surface area contributed by atoms with E-state index in [1.165, 1.54) is 0 Å². The van der Waals surface area contributed by atoms with Crippen molar-refractivity contribution in [3.8, 4) is 5.75 Å². The molecule has 1 unspecified atom stereocenters. The van der Waals surface area contributed by atoms with Crippen molar-refractivity contribution in [2.24, 2.45) is 0 Å². The van der Waals surface area contributed by atoms with Gasteiger partial charge in [-0.1, -0.05) is 35.9 Å². The zero-order valence-corrected chi connectivity index (χ0v) is 14.8. The van der Waals surface area contributed by atoms with Gasteiger partial charge in [0, 0.05) is 6.54 Å². The largest absolute Gasteiger partial charge is 0.491 e. The number of carbonyl (C=O) groups is 1. The molecule has 5 heteroatoms. The van der Waals surface area contributed by atoms with Crippen LogP contribution in [0.2, 0.25) is 5.02 Å². The van der Waals surface area contributed by atoms with Crippen LogP contribution in [0.3, 0.4) is 0 Å². The Labute approximate surface area is 147 Å². The Morgan fingerprint density at radius 3 is 2.50 bits per heavy atom. The zero-order chi connectivity index (χ0) is 17.7. The topological polar surface area (TPSA) is 58.6 Å². The third-order valence-electron chi connectivity index (χ3n) is 3.53. The summed E-state index contributed by atoms with van der Waals surface area (Å²) in [6, 6.07) is 12.5. The number of aliphatic hydroxyl groups is 1. The van der Waals surface area contributed by atoms with Crippen molar-refractivity contribution >= 4 is 17.5 Å². The molecule has 0 aliphatic carbocycles. The van der Waals surface area contributed by atoms with Crippen LogP contribution in [0.25, 0.3) is 0 Å². The highest BCUT2D eigenvalue weighted by Crippen LogP contribution is 2.21. The van der Waals surface area contributed by atoms with E-state index in [4.69, 9.17) is 16.3 Å². The minimum absolute atomic E-state index is 0.0964. The third-order valence-corrected chi connectivity index (χ3v) is 4.03.